The first-order valence-electron chi connectivity index (χ1n) is 9.18. The summed E-state index contributed by atoms with van der Waals surface area (Å²) in [4.78, 5) is 30.3. The predicted molar refractivity (Wildman–Crippen MR) is 110 cm³/mol. The van der Waals surface area contributed by atoms with Crippen LogP contribution < -0.4 is 5.32 Å². The molecule has 0 spiro atoms. The number of nitrogens with zero attached hydrogens (tertiary/aromatic N) is 2. The Hall–Kier alpha value is -2.44. The maximum atomic E-state index is 12.3. The van der Waals surface area contributed by atoms with Gasteiger partial charge in [-0.15, -0.1) is 11.3 Å². The van der Waals surface area contributed by atoms with Gasteiger partial charge in [0.15, 0.2) is 0 Å². The Morgan fingerprint density at radius 1 is 1.07 bits per heavy atom. The molecule has 0 aliphatic carbocycles. The summed E-state index contributed by atoms with van der Waals surface area (Å²) in [5.74, 6) is -0.192. The quantitative estimate of drug-likeness (QED) is 0.834. The van der Waals surface area contributed by atoms with Crippen molar-refractivity contribution in [3.05, 3.63) is 63.9 Å². The molecule has 2 heterocycles. The molecule has 1 fully saturated rings. The van der Waals surface area contributed by atoms with Gasteiger partial charge in [0.25, 0.3) is 5.91 Å². The minimum Gasteiger partial charge on any atom is -0.342 e. The lowest BCUT2D eigenvalue weighted by Crippen LogP contribution is -2.51. The maximum Gasteiger partial charge on any atom is 0.261 e. The smallest absolute Gasteiger partial charge is 0.261 e. The minimum atomic E-state index is -0.175. The highest BCUT2D eigenvalue weighted by molar-refractivity contribution is 7.13. The molecule has 0 bridgehead atoms. The van der Waals surface area contributed by atoms with E-state index >= 15 is 0 Å². The number of carbonyl (C=O) groups excluding carboxylic acids is 2. The number of benzene rings is 1. The molecule has 2 amide bonds. The molecule has 0 radical (unpaired) electrons. The van der Waals surface area contributed by atoms with Gasteiger partial charge in [0, 0.05) is 37.6 Å². The van der Waals surface area contributed by atoms with Gasteiger partial charge in [0.1, 0.15) is 0 Å². The van der Waals surface area contributed by atoms with E-state index in [1.807, 2.05) is 36.1 Å². The zero-order chi connectivity index (χ0) is 19.1. The van der Waals surface area contributed by atoms with Gasteiger partial charge in [-0.25, -0.2) is 0 Å². The number of rotatable bonds is 6. The fraction of sp³-hybridized carbons (Fsp3) is 0.333. The van der Waals surface area contributed by atoms with Gasteiger partial charge in [-0.3, -0.25) is 14.5 Å². The number of hydrogen-bond acceptors (Lipinski definition) is 4. The monoisotopic (exact) mass is 383 g/mol. The first-order chi connectivity index (χ1) is 13.1. The van der Waals surface area contributed by atoms with Crippen molar-refractivity contribution in [1.82, 2.24) is 15.1 Å². The lowest BCUT2D eigenvalue weighted by molar-refractivity contribution is -0.131. The van der Waals surface area contributed by atoms with Crippen molar-refractivity contribution >= 4 is 29.2 Å². The molecule has 1 aromatic carbocycles. The molecule has 27 heavy (non-hydrogen) atoms. The second-order valence-corrected chi connectivity index (χ2v) is 7.88. The zero-order valence-electron chi connectivity index (χ0n) is 15.6. The Morgan fingerprint density at radius 2 is 1.81 bits per heavy atom. The third-order valence-electron chi connectivity index (χ3n) is 4.56. The van der Waals surface area contributed by atoms with E-state index in [-0.39, 0.29) is 18.4 Å². The number of nitrogens with one attached hydrogen (secondary N) is 1. The van der Waals surface area contributed by atoms with Crippen LogP contribution in [0.25, 0.3) is 6.08 Å². The highest BCUT2D eigenvalue weighted by Gasteiger charge is 2.21. The van der Waals surface area contributed by atoms with Gasteiger partial charge in [-0.2, -0.15) is 0 Å². The van der Waals surface area contributed by atoms with Gasteiger partial charge in [0.05, 0.1) is 11.4 Å². The van der Waals surface area contributed by atoms with E-state index in [9.17, 15) is 9.59 Å². The first-order valence-corrected chi connectivity index (χ1v) is 10.00. The molecule has 1 aliphatic heterocycles. The standard InChI is InChI=1S/C21H25N3O2S/c1-17-9-10-19(27-17)21(26)22-16-20(25)24-14-12-23(13-15-24)11-5-8-18-6-3-2-4-7-18/h2-10H,11-16H2,1H3,(H,22,26)/b8-5+. The molecule has 0 saturated carbocycles. The maximum absolute atomic E-state index is 12.3. The van der Waals surface area contributed by atoms with E-state index in [1.54, 1.807) is 6.07 Å². The molecule has 142 valence electrons. The van der Waals surface area contributed by atoms with Gasteiger partial charge < -0.3 is 10.2 Å². The third-order valence-corrected chi connectivity index (χ3v) is 5.56. The molecule has 6 heteroatoms. The van der Waals surface area contributed by atoms with Crippen LogP contribution in [0.15, 0.2) is 48.5 Å². The SMILES string of the molecule is Cc1ccc(C(=O)NCC(=O)N2CCN(C/C=C/c3ccccc3)CC2)s1. The van der Waals surface area contributed by atoms with Crippen LogP contribution in [0.5, 0.6) is 0 Å². The molecule has 3 rings (SSSR count). The van der Waals surface area contributed by atoms with Crippen molar-refractivity contribution in [3.63, 3.8) is 0 Å². The lowest BCUT2D eigenvalue weighted by Gasteiger charge is -2.34. The molecule has 5 nitrogen and oxygen atoms in total. The number of hydrogen-bond donors (Lipinski definition) is 1. The van der Waals surface area contributed by atoms with Gasteiger partial charge in [0.2, 0.25) is 5.91 Å². The van der Waals surface area contributed by atoms with Crippen molar-refractivity contribution in [2.24, 2.45) is 0 Å². The average molecular weight is 384 g/mol. The summed E-state index contributed by atoms with van der Waals surface area (Å²) in [6.07, 6.45) is 4.29. The Bertz CT molecular complexity index is 793. The third kappa shape index (κ3) is 5.77. The summed E-state index contributed by atoms with van der Waals surface area (Å²) in [5, 5.41) is 2.73. The topological polar surface area (TPSA) is 52.7 Å². The van der Waals surface area contributed by atoms with Crippen LogP contribution in [0.3, 0.4) is 0 Å². The van der Waals surface area contributed by atoms with Crippen LogP contribution in [0.4, 0.5) is 0 Å². The fourth-order valence-electron chi connectivity index (χ4n) is 2.99. The molecule has 1 N–H and O–H groups in total. The predicted octanol–water partition coefficient (Wildman–Crippen LogP) is 2.64. The van der Waals surface area contributed by atoms with Crippen LogP contribution in [0.1, 0.15) is 20.1 Å². The molecule has 1 aromatic heterocycles. The highest BCUT2D eigenvalue weighted by atomic mass is 32.1. The summed E-state index contributed by atoms with van der Waals surface area (Å²) in [7, 11) is 0. The summed E-state index contributed by atoms with van der Waals surface area (Å²) < 4.78 is 0. The second kappa shape index (κ2) is 9.48. The average Bonchev–Trinajstić information content (AvgIpc) is 3.14. The molecule has 0 atom stereocenters. The van der Waals surface area contributed by atoms with E-state index in [4.69, 9.17) is 0 Å². The van der Waals surface area contributed by atoms with E-state index in [0.717, 1.165) is 24.5 Å². The highest BCUT2D eigenvalue weighted by Crippen LogP contribution is 2.14. The Labute approximate surface area is 164 Å². The van der Waals surface area contributed by atoms with E-state index in [2.05, 4.69) is 34.5 Å². The normalized spacial score (nSPS) is 15.2. The molecule has 0 unspecified atom stereocenters. The largest absolute Gasteiger partial charge is 0.342 e. The van der Waals surface area contributed by atoms with Gasteiger partial charge in [-0.1, -0.05) is 42.5 Å². The first kappa shape index (κ1) is 19.3. The molecule has 2 aromatic rings. The van der Waals surface area contributed by atoms with Gasteiger partial charge in [-0.05, 0) is 24.6 Å². The Balaban J connectivity index is 1.37. The number of piperazine rings is 1. The van der Waals surface area contributed by atoms with Crippen LogP contribution in [0, 0.1) is 6.92 Å². The van der Waals surface area contributed by atoms with Crippen molar-refractivity contribution in [2.45, 2.75) is 6.92 Å². The molecule has 1 aliphatic rings. The van der Waals surface area contributed by atoms with Gasteiger partial charge >= 0.3 is 0 Å². The fourth-order valence-corrected chi connectivity index (χ4v) is 3.78. The van der Waals surface area contributed by atoms with Crippen molar-refractivity contribution in [2.75, 3.05) is 39.3 Å². The Kier molecular flexibility index (Phi) is 6.79. The number of carbonyl (C=O) groups is 2. The summed E-state index contributed by atoms with van der Waals surface area (Å²) in [6, 6.07) is 13.9. The number of amides is 2. The summed E-state index contributed by atoms with van der Waals surface area (Å²) >= 11 is 1.44. The van der Waals surface area contributed by atoms with E-state index in [0.29, 0.717) is 18.0 Å². The van der Waals surface area contributed by atoms with E-state index in [1.165, 1.54) is 16.9 Å². The second-order valence-electron chi connectivity index (χ2n) is 6.59. The Morgan fingerprint density at radius 3 is 2.48 bits per heavy atom. The summed E-state index contributed by atoms with van der Waals surface area (Å²) in [5.41, 5.74) is 1.20. The molecular weight excluding hydrogens is 358 g/mol. The van der Waals surface area contributed by atoms with Crippen molar-refractivity contribution in [3.8, 4) is 0 Å². The lowest BCUT2D eigenvalue weighted by atomic mass is 10.2. The van der Waals surface area contributed by atoms with Crippen molar-refractivity contribution < 1.29 is 9.59 Å². The van der Waals surface area contributed by atoms with Crippen LogP contribution >= 0.6 is 11.3 Å². The number of thiophene rings is 1. The minimum absolute atomic E-state index is 0.0175. The van der Waals surface area contributed by atoms with Crippen LogP contribution in [-0.4, -0.2) is 60.9 Å². The van der Waals surface area contributed by atoms with Crippen LogP contribution in [-0.2, 0) is 4.79 Å². The molecule has 1 saturated heterocycles. The number of aryl methyl sites for hydroxylation is 1. The van der Waals surface area contributed by atoms with E-state index < -0.39 is 0 Å². The zero-order valence-corrected chi connectivity index (χ0v) is 16.4. The summed E-state index contributed by atoms with van der Waals surface area (Å²) in [6.45, 7) is 6.00. The van der Waals surface area contributed by atoms with Crippen molar-refractivity contribution in [1.29, 1.82) is 0 Å². The van der Waals surface area contributed by atoms with Crippen LogP contribution in [0.2, 0.25) is 0 Å². The molecular formula is C21H25N3O2S.